The van der Waals surface area contributed by atoms with Gasteiger partial charge in [0.15, 0.2) is 11.6 Å². The predicted molar refractivity (Wildman–Crippen MR) is 77.7 cm³/mol. The highest BCUT2D eigenvalue weighted by Crippen LogP contribution is 2.30. The third-order valence-electron chi connectivity index (χ3n) is 3.72. The first kappa shape index (κ1) is 14.9. The van der Waals surface area contributed by atoms with Crippen LogP contribution in [-0.4, -0.2) is 37.7 Å². The molecule has 0 saturated carbocycles. The minimum absolute atomic E-state index is 0.189. The van der Waals surface area contributed by atoms with Gasteiger partial charge in [0.1, 0.15) is 12.4 Å². The number of nitrogen functional groups attached to an aromatic ring is 1. The van der Waals surface area contributed by atoms with Crippen LogP contribution in [0, 0.1) is 5.82 Å². The fraction of sp³-hybridized carbons (Fsp3) is 0.600. The number of likely N-dealkylation sites (tertiary alicyclic amines) is 1. The Morgan fingerprint density at radius 2 is 2.10 bits per heavy atom. The van der Waals surface area contributed by atoms with E-state index in [1.54, 1.807) is 0 Å². The first-order valence-corrected chi connectivity index (χ1v) is 7.16. The van der Waals surface area contributed by atoms with Gasteiger partial charge in [0.05, 0.1) is 12.3 Å². The Morgan fingerprint density at radius 3 is 2.80 bits per heavy atom. The molecule has 0 aliphatic carbocycles. The quantitative estimate of drug-likeness (QED) is 0.844. The standard InChI is InChI=1S/C15H23FN2O2/c1-3-19-14-9-15(13(17)8-12(14)16)20-10-11-6-4-5-7-18(11)2/h8-9,11H,3-7,10,17H2,1-2H3. The van der Waals surface area contributed by atoms with Gasteiger partial charge in [0, 0.05) is 18.2 Å². The van der Waals surface area contributed by atoms with Crippen LogP contribution < -0.4 is 15.2 Å². The molecule has 1 aromatic carbocycles. The summed E-state index contributed by atoms with van der Waals surface area (Å²) in [6.07, 6.45) is 3.58. The Labute approximate surface area is 119 Å². The first-order valence-electron chi connectivity index (χ1n) is 7.16. The van der Waals surface area contributed by atoms with E-state index in [-0.39, 0.29) is 5.75 Å². The number of hydrogen-bond acceptors (Lipinski definition) is 4. The molecule has 0 bridgehead atoms. The van der Waals surface area contributed by atoms with Gasteiger partial charge in [-0.2, -0.15) is 0 Å². The predicted octanol–water partition coefficient (Wildman–Crippen LogP) is 2.67. The molecule has 1 saturated heterocycles. The zero-order valence-electron chi connectivity index (χ0n) is 12.2. The molecule has 1 heterocycles. The molecular weight excluding hydrogens is 259 g/mol. The number of ether oxygens (including phenoxy) is 2. The van der Waals surface area contributed by atoms with Crippen molar-refractivity contribution in [3.63, 3.8) is 0 Å². The van der Waals surface area contributed by atoms with E-state index in [1.807, 2.05) is 6.92 Å². The van der Waals surface area contributed by atoms with Gasteiger partial charge < -0.3 is 20.1 Å². The molecule has 1 atom stereocenters. The SMILES string of the molecule is CCOc1cc(OCC2CCCCN2C)c(N)cc1F. The monoisotopic (exact) mass is 282 g/mol. The Hall–Kier alpha value is -1.49. The summed E-state index contributed by atoms with van der Waals surface area (Å²) in [5.41, 5.74) is 6.11. The molecular formula is C15H23FN2O2. The number of halogens is 1. The Kier molecular flexibility index (Phi) is 5.06. The minimum Gasteiger partial charge on any atom is -0.491 e. The largest absolute Gasteiger partial charge is 0.491 e. The molecule has 4 nitrogen and oxygen atoms in total. The van der Waals surface area contributed by atoms with E-state index in [2.05, 4.69) is 11.9 Å². The number of nitrogens with zero attached hydrogens (tertiary/aromatic N) is 1. The Bertz CT molecular complexity index is 454. The van der Waals surface area contributed by atoms with E-state index in [0.717, 1.165) is 13.0 Å². The lowest BCUT2D eigenvalue weighted by Gasteiger charge is -2.32. The smallest absolute Gasteiger partial charge is 0.167 e. The molecule has 20 heavy (non-hydrogen) atoms. The summed E-state index contributed by atoms with van der Waals surface area (Å²) in [4.78, 5) is 2.30. The van der Waals surface area contributed by atoms with Crippen molar-refractivity contribution in [3.8, 4) is 11.5 Å². The number of rotatable bonds is 5. The van der Waals surface area contributed by atoms with Crippen molar-refractivity contribution in [3.05, 3.63) is 17.9 Å². The van der Waals surface area contributed by atoms with E-state index in [4.69, 9.17) is 15.2 Å². The van der Waals surface area contributed by atoms with Gasteiger partial charge in [-0.05, 0) is 33.4 Å². The van der Waals surface area contributed by atoms with Crippen LogP contribution in [0.2, 0.25) is 0 Å². The lowest BCUT2D eigenvalue weighted by molar-refractivity contribution is 0.125. The van der Waals surface area contributed by atoms with Gasteiger partial charge in [-0.25, -0.2) is 4.39 Å². The Morgan fingerprint density at radius 1 is 1.30 bits per heavy atom. The molecule has 1 aromatic rings. The summed E-state index contributed by atoms with van der Waals surface area (Å²) >= 11 is 0. The van der Waals surface area contributed by atoms with E-state index >= 15 is 0 Å². The maximum absolute atomic E-state index is 13.6. The van der Waals surface area contributed by atoms with Crippen molar-refractivity contribution in [2.75, 3.05) is 32.5 Å². The number of piperidine rings is 1. The van der Waals surface area contributed by atoms with Crippen LogP contribution in [0.25, 0.3) is 0 Å². The average molecular weight is 282 g/mol. The van der Waals surface area contributed by atoms with Gasteiger partial charge in [0.2, 0.25) is 0 Å². The van der Waals surface area contributed by atoms with Gasteiger partial charge in [-0.1, -0.05) is 6.42 Å². The van der Waals surface area contributed by atoms with Crippen molar-refractivity contribution in [1.29, 1.82) is 0 Å². The van der Waals surface area contributed by atoms with E-state index in [0.29, 0.717) is 30.7 Å². The van der Waals surface area contributed by atoms with Gasteiger partial charge >= 0.3 is 0 Å². The second-order valence-electron chi connectivity index (χ2n) is 5.19. The second-order valence-corrected chi connectivity index (χ2v) is 5.19. The molecule has 2 N–H and O–H groups in total. The summed E-state index contributed by atoms with van der Waals surface area (Å²) in [7, 11) is 2.10. The highest BCUT2D eigenvalue weighted by Gasteiger charge is 2.20. The summed E-state index contributed by atoms with van der Waals surface area (Å²) in [6.45, 7) is 3.88. The first-order chi connectivity index (χ1) is 9.61. The second kappa shape index (κ2) is 6.79. The molecule has 0 spiro atoms. The fourth-order valence-electron chi connectivity index (χ4n) is 2.48. The van der Waals surface area contributed by atoms with Crippen LogP contribution in [0.1, 0.15) is 26.2 Å². The van der Waals surface area contributed by atoms with Crippen molar-refractivity contribution in [2.45, 2.75) is 32.2 Å². The average Bonchev–Trinajstić information content (AvgIpc) is 2.42. The lowest BCUT2D eigenvalue weighted by atomic mass is 10.0. The number of hydrogen-bond donors (Lipinski definition) is 1. The minimum atomic E-state index is -0.452. The number of benzene rings is 1. The number of nitrogens with two attached hydrogens (primary N) is 1. The highest BCUT2D eigenvalue weighted by atomic mass is 19.1. The number of likely N-dealkylation sites (N-methyl/N-ethyl adjacent to an activating group) is 1. The molecule has 5 heteroatoms. The molecule has 1 fully saturated rings. The van der Waals surface area contributed by atoms with Crippen LogP contribution >= 0.6 is 0 Å². The molecule has 0 radical (unpaired) electrons. The summed E-state index contributed by atoms with van der Waals surface area (Å²) in [5, 5.41) is 0. The molecule has 0 amide bonds. The van der Waals surface area contributed by atoms with Gasteiger partial charge in [-0.15, -0.1) is 0 Å². The maximum atomic E-state index is 13.6. The van der Waals surface area contributed by atoms with E-state index in [9.17, 15) is 4.39 Å². The fourth-order valence-corrected chi connectivity index (χ4v) is 2.48. The summed E-state index contributed by atoms with van der Waals surface area (Å²) in [6, 6.07) is 3.19. The zero-order chi connectivity index (χ0) is 14.5. The zero-order valence-corrected chi connectivity index (χ0v) is 12.2. The third kappa shape index (κ3) is 3.54. The van der Waals surface area contributed by atoms with Crippen LogP contribution in [-0.2, 0) is 0 Å². The van der Waals surface area contributed by atoms with Crippen molar-refractivity contribution in [1.82, 2.24) is 4.90 Å². The molecule has 0 aromatic heterocycles. The molecule has 1 unspecified atom stereocenters. The summed E-state index contributed by atoms with van der Waals surface area (Å²) < 4.78 is 24.6. The van der Waals surface area contributed by atoms with Crippen molar-refractivity contribution < 1.29 is 13.9 Å². The topological polar surface area (TPSA) is 47.7 Å². The van der Waals surface area contributed by atoms with E-state index in [1.165, 1.54) is 25.0 Å². The molecule has 2 rings (SSSR count). The third-order valence-corrected chi connectivity index (χ3v) is 3.72. The highest BCUT2D eigenvalue weighted by molar-refractivity contribution is 5.56. The Balaban J connectivity index is 2.02. The van der Waals surface area contributed by atoms with Crippen molar-refractivity contribution in [2.24, 2.45) is 0 Å². The number of anilines is 1. The lowest BCUT2D eigenvalue weighted by Crippen LogP contribution is -2.40. The van der Waals surface area contributed by atoms with Crippen molar-refractivity contribution >= 4 is 5.69 Å². The molecule has 1 aliphatic heterocycles. The summed E-state index contributed by atoms with van der Waals surface area (Å²) in [5.74, 6) is 0.231. The van der Waals surface area contributed by atoms with E-state index < -0.39 is 5.82 Å². The van der Waals surface area contributed by atoms with Crippen LogP contribution in [0.15, 0.2) is 12.1 Å². The molecule has 112 valence electrons. The van der Waals surface area contributed by atoms with Crippen LogP contribution in [0.4, 0.5) is 10.1 Å². The van der Waals surface area contributed by atoms with Crippen LogP contribution in [0.3, 0.4) is 0 Å². The van der Waals surface area contributed by atoms with Crippen LogP contribution in [0.5, 0.6) is 11.5 Å². The molecule has 1 aliphatic rings. The van der Waals surface area contributed by atoms with Gasteiger partial charge in [0.25, 0.3) is 0 Å². The van der Waals surface area contributed by atoms with Gasteiger partial charge in [-0.3, -0.25) is 0 Å². The normalized spacial score (nSPS) is 19.9. The maximum Gasteiger partial charge on any atom is 0.167 e.